The van der Waals surface area contributed by atoms with E-state index < -0.39 is 5.97 Å². The number of ether oxygens (including phenoxy) is 1. The van der Waals surface area contributed by atoms with Crippen molar-refractivity contribution in [1.29, 1.82) is 0 Å². The predicted molar refractivity (Wildman–Crippen MR) is 88.6 cm³/mol. The first-order valence-corrected chi connectivity index (χ1v) is 7.60. The Balaban J connectivity index is 1.82. The van der Waals surface area contributed by atoms with E-state index in [9.17, 15) is 9.59 Å². The summed E-state index contributed by atoms with van der Waals surface area (Å²) in [5.41, 5.74) is 2.57. The monoisotopic (exact) mass is 361 g/mol. The van der Waals surface area contributed by atoms with E-state index >= 15 is 0 Å². The van der Waals surface area contributed by atoms with Crippen molar-refractivity contribution in [2.75, 3.05) is 11.9 Å². The lowest BCUT2D eigenvalue weighted by Crippen LogP contribution is -2.22. The highest BCUT2D eigenvalue weighted by Gasteiger charge is 2.10. The Kier molecular flexibility index (Phi) is 5.72. The molecule has 1 amide bonds. The molecule has 0 aliphatic heterocycles. The normalized spacial score (nSPS) is 10.1. The highest BCUT2D eigenvalue weighted by molar-refractivity contribution is 9.10. The van der Waals surface area contributed by atoms with Crippen molar-refractivity contribution in [2.24, 2.45) is 0 Å². The molecule has 1 N–H and O–H groups in total. The molecule has 0 aliphatic carbocycles. The minimum Gasteiger partial charge on any atom is -0.455 e. The fourth-order valence-electron chi connectivity index (χ4n) is 1.91. The Bertz CT molecular complexity index is 626. The zero-order chi connectivity index (χ0) is 15.9. The van der Waals surface area contributed by atoms with Crippen LogP contribution in [0.5, 0.6) is 0 Å². The van der Waals surface area contributed by atoms with E-state index in [2.05, 4.69) is 21.2 Å². The van der Waals surface area contributed by atoms with Crippen LogP contribution in [0.25, 0.3) is 0 Å². The van der Waals surface area contributed by atoms with E-state index in [1.54, 1.807) is 6.07 Å². The lowest BCUT2D eigenvalue weighted by molar-refractivity contribution is -0.146. The molecule has 2 aromatic carbocycles. The van der Waals surface area contributed by atoms with Crippen molar-refractivity contribution >= 4 is 33.5 Å². The molecule has 0 saturated heterocycles. The van der Waals surface area contributed by atoms with Gasteiger partial charge in [0.2, 0.25) is 0 Å². The van der Waals surface area contributed by atoms with Crippen LogP contribution in [0, 0.1) is 6.92 Å². The van der Waals surface area contributed by atoms with Gasteiger partial charge in [0.25, 0.3) is 5.91 Å². The average Bonchev–Trinajstić information content (AvgIpc) is 2.50. The van der Waals surface area contributed by atoms with Gasteiger partial charge in [0.1, 0.15) is 0 Å². The first-order valence-electron chi connectivity index (χ1n) is 6.81. The van der Waals surface area contributed by atoms with Gasteiger partial charge in [0, 0.05) is 4.47 Å². The molecule has 0 unspecified atom stereocenters. The molecule has 0 heterocycles. The van der Waals surface area contributed by atoms with E-state index in [4.69, 9.17) is 4.74 Å². The Labute approximate surface area is 137 Å². The van der Waals surface area contributed by atoms with Crippen LogP contribution in [0.15, 0.2) is 53.0 Å². The summed E-state index contributed by atoms with van der Waals surface area (Å²) < 4.78 is 5.78. The van der Waals surface area contributed by atoms with E-state index in [0.717, 1.165) is 15.6 Å². The SMILES string of the molecule is Cc1ccccc1CC(=O)OCC(=O)Nc1ccccc1Br. The fraction of sp³-hybridized carbons (Fsp3) is 0.176. The van der Waals surface area contributed by atoms with Gasteiger partial charge in [0.05, 0.1) is 12.1 Å². The minimum atomic E-state index is -0.420. The molecule has 22 heavy (non-hydrogen) atoms. The standard InChI is InChI=1S/C17H16BrNO3/c1-12-6-2-3-7-13(12)10-17(21)22-11-16(20)19-15-9-5-4-8-14(15)18/h2-9H,10-11H2,1H3,(H,19,20). The maximum Gasteiger partial charge on any atom is 0.310 e. The first kappa shape index (κ1) is 16.2. The molecule has 2 rings (SSSR count). The number of benzene rings is 2. The van der Waals surface area contributed by atoms with Crippen molar-refractivity contribution < 1.29 is 14.3 Å². The lowest BCUT2D eigenvalue weighted by Gasteiger charge is -2.09. The number of esters is 1. The summed E-state index contributed by atoms with van der Waals surface area (Å²) >= 11 is 3.33. The molecule has 5 heteroatoms. The average molecular weight is 362 g/mol. The summed E-state index contributed by atoms with van der Waals surface area (Å²) in [5, 5.41) is 2.68. The third kappa shape index (κ3) is 4.70. The molecule has 0 fully saturated rings. The Morgan fingerprint density at radius 1 is 1.09 bits per heavy atom. The van der Waals surface area contributed by atoms with Gasteiger partial charge >= 0.3 is 5.97 Å². The zero-order valence-electron chi connectivity index (χ0n) is 12.1. The van der Waals surface area contributed by atoms with Gasteiger partial charge in [-0.1, -0.05) is 36.4 Å². The molecular formula is C17H16BrNO3. The van der Waals surface area contributed by atoms with E-state index in [0.29, 0.717) is 5.69 Å². The van der Waals surface area contributed by atoms with Crippen molar-refractivity contribution in [3.63, 3.8) is 0 Å². The van der Waals surface area contributed by atoms with E-state index in [1.165, 1.54) is 0 Å². The smallest absolute Gasteiger partial charge is 0.310 e. The van der Waals surface area contributed by atoms with Gasteiger partial charge in [-0.25, -0.2) is 0 Å². The highest BCUT2D eigenvalue weighted by Crippen LogP contribution is 2.20. The predicted octanol–water partition coefficient (Wildman–Crippen LogP) is 3.48. The van der Waals surface area contributed by atoms with Gasteiger partial charge in [-0.3, -0.25) is 9.59 Å². The number of anilines is 1. The van der Waals surface area contributed by atoms with Gasteiger partial charge < -0.3 is 10.1 Å². The van der Waals surface area contributed by atoms with Crippen LogP contribution in [0.1, 0.15) is 11.1 Å². The molecule has 0 atom stereocenters. The highest BCUT2D eigenvalue weighted by atomic mass is 79.9. The number of carbonyl (C=O) groups excluding carboxylic acids is 2. The molecule has 0 aliphatic rings. The van der Waals surface area contributed by atoms with Crippen molar-refractivity contribution in [2.45, 2.75) is 13.3 Å². The summed E-state index contributed by atoms with van der Waals surface area (Å²) in [4.78, 5) is 23.6. The van der Waals surface area contributed by atoms with Crippen LogP contribution < -0.4 is 5.32 Å². The maximum atomic E-state index is 11.8. The number of halogens is 1. The molecule has 0 spiro atoms. The van der Waals surface area contributed by atoms with Crippen LogP contribution >= 0.6 is 15.9 Å². The summed E-state index contributed by atoms with van der Waals surface area (Å²) in [6, 6.07) is 14.8. The minimum absolute atomic E-state index is 0.162. The number of hydrogen-bond donors (Lipinski definition) is 1. The largest absolute Gasteiger partial charge is 0.455 e. The zero-order valence-corrected chi connectivity index (χ0v) is 13.7. The fourth-order valence-corrected chi connectivity index (χ4v) is 2.29. The molecule has 0 saturated carbocycles. The van der Waals surface area contributed by atoms with Gasteiger partial charge in [-0.05, 0) is 46.1 Å². The third-order valence-electron chi connectivity index (χ3n) is 3.11. The van der Waals surface area contributed by atoms with E-state index in [-0.39, 0.29) is 18.9 Å². The summed E-state index contributed by atoms with van der Waals surface area (Å²) in [7, 11) is 0. The maximum absolute atomic E-state index is 11.8. The second-order valence-electron chi connectivity index (χ2n) is 4.79. The number of hydrogen-bond acceptors (Lipinski definition) is 3. The topological polar surface area (TPSA) is 55.4 Å². The van der Waals surface area contributed by atoms with Gasteiger partial charge in [0.15, 0.2) is 6.61 Å². The quantitative estimate of drug-likeness (QED) is 0.829. The third-order valence-corrected chi connectivity index (χ3v) is 3.80. The first-order chi connectivity index (χ1) is 10.6. The molecule has 4 nitrogen and oxygen atoms in total. The van der Waals surface area contributed by atoms with E-state index in [1.807, 2.05) is 49.4 Å². The summed E-state index contributed by atoms with van der Waals surface area (Å²) in [6.45, 7) is 1.63. The number of nitrogens with one attached hydrogen (secondary N) is 1. The summed E-state index contributed by atoms with van der Waals surface area (Å²) in [5.74, 6) is -0.790. The van der Waals surface area contributed by atoms with Crippen molar-refractivity contribution in [3.8, 4) is 0 Å². The number of aryl methyl sites for hydroxylation is 1. The number of amides is 1. The summed E-state index contributed by atoms with van der Waals surface area (Å²) in [6.07, 6.45) is 0.162. The molecule has 0 radical (unpaired) electrons. The number of rotatable bonds is 5. The van der Waals surface area contributed by atoms with Gasteiger partial charge in [-0.15, -0.1) is 0 Å². The number of carbonyl (C=O) groups is 2. The molecule has 114 valence electrons. The van der Waals surface area contributed by atoms with Crippen molar-refractivity contribution in [3.05, 3.63) is 64.1 Å². The molecule has 0 bridgehead atoms. The van der Waals surface area contributed by atoms with Crippen LogP contribution in [-0.2, 0) is 20.7 Å². The number of para-hydroxylation sites is 1. The molecular weight excluding hydrogens is 346 g/mol. The van der Waals surface area contributed by atoms with Crippen LogP contribution in [-0.4, -0.2) is 18.5 Å². The Morgan fingerprint density at radius 3 is 2.50 bits per heavy atom. The van der Waals surface area contributed by atoms with Crippen molar-refractivity contribution in [1.82, 2.24) is 0 Å². The van der Waals surface area contributed by atoms with Crippen LogP contribution in [0.4, 0.5) is 5.69 Å². The molecule has 0 aromatic heterocycles. The van der Waals surface area contributed by atoms with Crippen LogP contribution in [0.3, 0.4) is 0 Å². The Hall–Kier alpha value is -2.14. The second-order valence-corrected chi connectivity index (χ2v) is 5.65. The lowest BCUT2D eigenvalue weighted by atomic mass is 10.1. The second kappa shape index (κ2) is 7.75. The van der Waals surface area contributed by atoms with Gasteiger partial charge in [-0.2, -0.15) is 0 Å². The molecule has 2 aromatic rings. The Morgan fingerprint density at radius 2 is 1.77 bits per heavy atom. The van der Waals surface area contributed by atoms with Crippen LogP contribution in [0.2, 0.25) is 0 Å².